The van der Waals surface area contributed by atoms with Gasteiger partial charge in [-0.05, 0) is 66.6 Å². The molecule has 12 heteroatoms. The highest BCUT2D eigenvalue weighted by atomic mass is 32.2. The van der Waals surface area contributed by atoms with Crippen LogP contribution in [0, 0.1) is 0 Å². The van der Waals surface area contributed by atoms with Gasteiger partial charge < -0.3 is 24.8 Å². The van der Waals surface area contributed by atoms with Crippen LogP contribution in [0.1, 0.15) is 27.6 Å². The summed E-state index contributed by atoms with van der Waals surface area (Å²) in [6.07, 6.45) is -0.904. The lowest BCUT2D eigenvalue weighted by Gasteiger charge is -2.24. The predicted molar refractivity (Wildman–Crippen MR) is 164 cm³/mol. The summed E-state index contributed by atoms with van der Waals surface area (Å²) < 4.78 is 28.0. The number of aryl methyl sites for hydroxylation is 1. The Morgan fingerprint density at radius 2 is 1.64 bits per heavy atom. The number of imidazole rings is 2. The summed E-state index contributed by atoms with van der Waals surface area (Å²) in [6, 6.07) is 26.5. The number of carbonyl (C=O) groups excluding carboxylic acids is 2. The van der Waals surface area contributed by atoms with Crippen molar-refractivity contribution in [2.24, 2.45) is 7.05 Å². The molecule has 222 valence electrons. The maximum Gasteiger partial charge on any atom is 0.269 e. The van der Waals surface area contributed by atoms with Crippen LogP contribution in [-0.4, -0.2) is 46.5 Å². The van der Waals surface area contributed by atoms with Gasteiger partial charge in [-0.3, -0.25) is 4.79 Å². The predicted octanol–water partition coefficient (Wildman–Crippen LogP) is 3.55. The number of nitrogens with zero attached hydrogens (tertiary/aromatic N) is 4. The number of carboxylic acid groups (broad SMARTS) is 1. The smallest absolute Gasteiger partial charge is 0.269 e. The first kappa shape index (κ1) is 28.6. The molecule has 4 aromatic carbocycles. The lowest BCUT2D eigenvalue weighted by Crippen LogP contribution is -2.45. The van der Waals surface area contributed by atoms with Crippen molar-refractivity contribution in [3.8, 4) is 0 Å². The second kappa shape index (κ2) is 11.7. The molecule has 0 saturated carbocycles. The highest BCUT2D eigenvalue weighted by molar-refractivity contribution is 7.93. The van der Waals surface area contributed by atoms with Crippen molar-refractivity contribution in [2.75, 3.05) is 10.8 Å². The Labute approximate surface area is 252 Å². The van der Waals surface area contributed by atoms with Gasteiger partial charge in [0.1, 0.15) is 11.6 Å². The number of rotatable bonds is 9. The molecule has 0 saturated heterocycles. The molecule has 11 nitrogen and oxygen atoms in total. The van der Waals surface area contributed by atoms with Gasteiger partial charge in [0.2, 0.25) is 0 Å². The van der Waals surface area contributed by atoms with Gasteiger partial charge in [0, 0.05) is 19.2 Å². The molecule has 2 amide bonds. The third-order valence-electron chi connectivity index (χ3n) is 7.32. The number of carbonyl (C=O) groups is 2. The number of H-pyrrole nitrogens is 1. The van der Waals surface area contributed by atoms with E-state index in [0.717, 1.165) is 39.3 Å². The van der Waals surface area contributed by atoms with E-state index in [9.17, 15) is 23.1 Å². The SMILES string of the molecule is Cn1c(Cc2nc3ccccc3[nH]2)nc2ccc(C(=O)NCCc3ccc(N(C(=O)[O-])S(=O)(=O)c4ccccc4)cc3)cc21. The number of para-hydroxylation sites is 2. The van der Waals surface area contributed by atoms with Crippen molar-refractivity contribution in [2.45, 2.75) is 17.7 Å². The number of hydrogen-bond acceptors (Lipinski definition) is 7. The second-order valence-corrected chi connectivity index (χ2v) is 12.0. The van der Waals surface area contributed by atoms with Gasteiger partial charge in [-0.25, -0.2) is 22.7 Å². The number of aromatic nitrogens is 4. The molecule has 0 bridgehead atoms. The highest BCUT2D eigenvalue weighted by Crippen LogP contribution is 2.24. The summed E-state index contributed by atoms with van der Waals surface area (Å²) in [6.45, 7) is 0.311. The van der Waals surface area contributed by atoms with Gasteiger partial charge >= 0.3 is 0 Å². The minimum atomic E-state index is -4.36. The summed E-state index contributed by atoms with van der Waals surface area (Å²) in [5.41, 5.74) is 4.66. The molecule has 6 rings (SSSR count). The maximum absolute atomic E-state index is 12.9. The average Bonchev–Trinajstić information content (AvgIpc) is 3.57. The molecule has 2 aromatic heterocycles. The molecule has 0 radical (unpaired) electrons. The fraction of sp³-hybridized carbons (Fsp3) is 0.125. The molecule has 2 heterocycles. The lowest BCUT2D eigenvalue weighted by atomic mass is 10.1. The monoisotopic (exact) mass is 607 g/mol. The number of benzene rings is 4. The van der Waals surface area contributed by atoms with E-state index in [4.69, 9.17) is 4.98 Å². The average molecular weight is 608 g/mol. The number of aromatic amines is 1. The van der Waals surface area contributed by atoms with Crippen molar-refractivity contribution in [3.05, 3.63) is 120 Å². The Morgan fingerprint density at radius 1 is 0.909 bits per heavy atom. The molecular formula is C32H27N6O5S-. The largest absolute Gasteiger partial charge is 0.529 e. The number of fused-ring (bicyclic) bond motifs is 2. The number of hydrogen-bond donors (Lipinski definition) is 2. The number of sulfonamides is 1. The third-order valence-corrected chi connectivity index (χ3v) is 9.03. The van der Waals surface area contributed by atoms with Crippen molar-refractivity contribution in [3.63, 3.8) is 0 Å². The Kier molecular flexibility index (Phi) is 7.58. The number of nitrogens with one attached hydrogen (secondary N) is 2. The van der Waals surface area contributed by atoms with Crippen LogP contribution in [0.4, 0.5) is 10.5 Å². The van der Waals surface area contributed by atoms with Crippen LogP contribution in [0.15, 0.2) is 102 Å². The van der Waals surface area contributed by atoms with Gasteiger partial charge in [0.25, 0.3) is 15.9 Å². The van der Waals surface area contributed by atoms with E-state index in [1.807, 2.05) is 41.9 Å². The molecule has 6 aromatic rings. The fourth-order valence-electron chi connectivity index (χ4n) is 5.04. The third kappa shape index (κ3) is 5.62. The minimum absolute atomic E-state index is 0.0641. The van der Waals surface area contributed by atoms with Gasteiger partial charge in [0.15, 0.2) is 6.09 Å². The standard InChI is InChI=1S/C32H28N6O5S/c1-37-28-19-22(13-16-27(28)36-30(37)20-29-34-25-9-5-6-10-26(25)35-29)31(39)33-18-17-21-11-14-23(15-12-21)38(32(40)41)44(42,43)24-7-3-2-4-8-24/h2-16,19H,17-18,20H2,1H3,(H,33,39)(H,34,35)(H,40,41)/p-1. The van der Waals surface area contributed by atoms with Gasteiger partial charge in [-0.1, -0.05) is 42.5 Å². The zero-order chi connectivity index (χ0) is 30.8. The fourth-order valence-corrected chi connectivity index (χ4v) is 6.35. The molecule has 0 aliphatic heterocycles. The lowest BCUT2D eigenvalue weighted by molar-refractivity contribution is -0.244. The van der Waals surface area contributed by atoms with Crippen molar-refractivity contribution < 1.29 is 23.1 Å². The molecule has 2 N–H and O–H groups in total. The summed E-state index contributed by atoms with van der Waals surface area (Å²) in [5, 5.41) is 14.7. The van der Waals surface area contributed by atoms with Crippen LogP contribution < -0.4 is 14.7 Å². The zero-order valence-electron chi connectivity index (χ0n) is 23.6. The van der Waals surface area contributed by atoms with Crippen molar-refractivity contribution >= 4 is 49.8 Å². The Balaban J connectivity index is 1.10. The van der Waals surface area contributed by atoms with E-state index in [-0.39, 0.29) is 20.8 Å². The van der Waals surface area contributed by atoms with Crippen LogP contribution >= 0.6 is 0 Å². The van der Waals surface area contributed by atoms with Gasteiger partial charge in [-0.2, -0.15) is 0 Å². The van der Waals surface area contributed by atoms with Crippen LogP contribution in [-0.2, 0) is 29.9 Å². The minimum Gasteiger partial charge on any atom is -0.529 e. The maximum atomic E-state index is 12.9. The van der Waals surface area contributed by atoms with E-state index in [0.29, 0.717) is 24.9 Å². The Hall–Kier alpha value is -5.49. The topological polar surface area (TPSA) is 153 Å². The summed E-state index contributed by atoms with van der Waals surface area (Å²) in [7, 11) is -2.45. The number of amides is 2. The highest BCUT2D eigenvalue weighted by Gasteiger charge is 2.26. The molecule has 0 aliphatic rings. The molecule has 0 aliphatic carbocycles. The molecule has 0 unspecified atom stereocenters. The summed E-state index contributed by atoms with van der Waals surface area (Å²) in [4.78, 5) is 37.3. The molecule has 44 heavy (non-hydrogen) atoms. The first-order chi connectivity index (χ1) is 21.2. The van der Waals surface area contributed by atoms with Crippen LogP contribution in [0.5, 0.6) is 0 Å². The van der Waals surface area contributed by atoms with Gasteiger partial charge in [-0.15, -0.1) is 0 Å². The summed E-state index contributed by atoms with van der Waals surface area (Å²) in [5.74, 6) is 1.37. The van der Waals surface area contributed by atoms with E-state index < -0.39 is 16.1 Å². The first-order valence-corrected chi connectivity index (χ1v) is 15.2. The zero-order valence-corrected chi connectivity index (χ0v) is 24.4. The van der Waals surface area contributed by atoms with Crippen molar-refractivity contribution in [1.82, 2.24) is 24.8 Å². The Morgan fingerprint density at radius 3 is 2.36 bits per heavy atom. The Bertz CT molecular complexity index is 2070. The summed E-state index contributed by atoms with van der Waals surface area (Å²) >= 11 is 0. The van der Waals surface area contributed by atoms with Crippen LogP contribution in [0.2, 0.25) is 0 Å². The second-order valence-electron chi connectivity index (χ2n) is 10.2. The normalized spacial score (nSPS) is 11.6. The van der Waals surface area contributed by atoms with Gasteiger partial charge in [0.05, 0.1) is 39.1 Å². The van der Waals surface area contributed by atoms with E-state index in [2.05, 4.69) is 15.3 Å². The molecule has 0 spiro atoms. The van der Waals surface area contributed by atoms with E-state index >= 15 is 0 Å². The number of anilines is 1. The van der Waals surface area contributed by atoms with E-state index in [1.165, 1.54) is 36.4 Å². The first-order valence-electron chi connectivity index (χ1n) is 13.8. The van der Waals surface area contributed by atoms with Crippen LogP contribution in [0.25, 0.3) is 22.1 Å². The van der Waals surface area contributed by atoms with Crippen LogP contribution in [0.3, 0.4) is 0 Å². The quantitative estimate of drug-likeness (QED) is 0.255. The molecule has 0 fully saturated rings. The molecule has 0 atom stereocenters. The van der Waals surface area contributed by atoms with Crippen molar-refractivity contribution in [1.29, 1.82) is 0 Å². The molecular weight excluding hydrogens is 580 g/mol. The van der Waals surface area contributed by atoms with E-state index in [1.54, 1.807) is 30.3 Å².